The molecule has 4 rings (SSSR count). The van der Waals surface area contributed by atoms with Crippen LogP contribution in [-0.2, 0) is 0 Å². The van der Waals surface area contributed by atoms with Crippen LogP contribution in [0.25, 0.3) is 11.4 Å². The van der Waals surface area contributed by atoms with Gasteiger partial charge < -0.3 is 9.42 Å². The molecule has 6 nitrogen and oxygen atoms in total. The van der Waals surface area contributed by atoms with Gasteiger partial charge in [0.2, 0.25) is 11.7 Å². The Morgan fingerprint density at radius 1 is 1.21 bits per heavy atom. The zero-order chi connectivity index (χ0) is 16.5. The quantitative estimate of drug-likeness (QED) is 0.742. The van der Waals surface area contributed by atoms with Crippen molar-refractivity contribution in [3.8, 4) is 11.4 Å². The molecule has 1 aromatic carbocycles. The first-order chi connectivity index (χ1) is 11.7. The molecule has 0 saturated carbocycles. The van der Waals surface area contributed by atoms with E-state index in [0.29, 0.717) is 24.8 Å². The number of hydrogen-bond donors (Lipinski definition) is 0. The van der Waals surface area contributed by atoms with Crippen LogP contribution in [0, 0.1) is 6.92 Å². The van der Waals surface area contributed by atoms with Gasteiger partial charge in [-0.2, -0.15) is 4.98 Å². The number of aryl methyl sites for hydroxylation is 1. The van der Waals surface area contributed by atoms with Crippen LogP contribution in [0.1, 0.15) is 27.7 Å². The van der Waals surface area contributed by atoms with E-state index in [2.05, 4.69) is 15.1 Å². The van der Waals surface area contributed by atoms with Crippen LogP contribution < -0.4 is 0 Å². The Morgan fingerprint density at radius 3 is 2.79 bits per heavy atom. The standard InChI is InChI=1S/C18H16N4O2/c1-12-5-2-3-7-15(12)18(23)22-10-14(11-22)17-20-16(21-24-17)13-6-4-8-19-9-13/h2-9,14H,10-11H2,1H3. The van der Waals surface area contributed by atoms with Crippen LogP contribution >= 0.6 is 0 Å². The van der Waals surface area contributed by atoms with Gasteiger partial charge in [0.05, 0.1) is 5.92 Å². The Balaban J connectivity index is 1.44. The Kier molecular flexibility index (Phi) is 3.57. The molecule has 1 amide bonds. The van der Waals surface area contributed by atoms with E-state index < -0.39 is 0 Å². The largest absolute Gasteiger partial charge is 0.339 e. The van der Waals surface area contributed by atoms with E-state index in [4.69, 9.17) is 4.52 Å². The summed E-state index contributed by atoms with van der Waals surface area (Å²) in [7, 11) is 0. The van der Waals surface area contributed by atoms with Gasteiger partial charge in [0, 0.05) is 36.6 Å². The number of benzene rings is 1. The highest BCUT2D eigenvalue weighted by Crippen LogP contribution is 2.29. The molecular weight excluding hydrogens is 304 g/mol. The maximum atomic E-state index is 12.5. The van der Waals surface area contributed by atoms with Crippen LogP contribution in [0.3, 0.4) is 0 Å². The average molecular weight is 320 g/mol. The van der Waals surface area contributed by atoms with Crippen molar-refractivity contribution < 1.29 is 9.32 Å². The van der Waals surface area contributed by atoms with Crippen molar-refractivity contribution in [3.63, 3.8) is 0 Å². The molecule has 120 valence electrons. The van der Waals surface area contributed by atoms with Crippen LogP contribution in [0.5, 0.6) is 0 Å². The fraction of sp³-hybridized carbons (Fsp3) is 0.222. The summed E-state index contributed by atoms with van der Waals surface area (Å²) in [5.74, 6) is 1.25. The first-order valence-corrected chi connectivity index (χ1v) is 7.81. The van der Waals surface area contributed by atoms with Crippen LogP contribution in [-0.4, -0.2) is 39.0 Å². The number of nitrogens with zero attached hydrogens (tertiary/aromatic N) is 4. The Hall–Kier alpha value is -3.02. The second-order valence-corrected chi connectivity index (χ2v) is 5.92. The lowest BCUT2D eigenvalue weighted by Gasteiger charge is -2.37. The minimum Gasteiger partial charge on any atom is -0.339 e. The molecule has 3 heterocycles. The van der Waals surface area contributed by atoms with Gasteiger partial charge in [0.1, 0.15) is 0 Å². The van der Waals surface area contributed by atoms with Crippen molar-refractivity contribution in [2.24, 2.45) is 0 Å². The minimum absolute atomic E-state index is 0.0522. The van der Waals surface area contributed by atoms with E-state index in [1.54, 1.807) is 17.3 Å². The molecule has 0 unspecified atom stereocenters. The second-order valence-electron chi connectivity index (χ2n) is 5.92. The smallest absolute Gasteiger partial charge is 0.254 e. The highest BCUT2D eigenvalue weighted by molar-refractivity contribution is 5.96. The Bertz CT molecular complexity index is 869. The van der Waals surface area contributed by atoms with E-state index in [9.17, 15) is 4.79 Å². The Labute approximate surface area is 139 Å². The summed E-state index contributed by atoms with van der Waals surface area (Å²) in [6.45, 7) is 3.15. The summed E-state index contributed by atoms with van der Waals surface area (Å²) >= 11 is 0. The van der Waals surface area contributed by atoms with E-state index in [1.165, 1.54) is 0 Å². The lowest BCUT2D eigenvalue weighted by atomic mass is 9.97. The number of pyridine rings is 1. The Morgan fingerprint density at radius 2 is 2.04 bits per heavy atom. The van der Waals surface area contributed by atoms with E-state index >= 15 is 0 Å². The van der Waals surface area contributed by atoms with Crippen molar-refractivity contribution in [2.45, 2.75) is 12.8 Å². The molecular formula is C18H16N4O2. The van der Waals surface area contributed by atoms with Gasteiger partial charge in [-0.15, -0.1) is 0 Å². The maximum absolute atomic E-state index is 12.5. The monoisotopic (exact) mass is 320 g/mol. The third-order valence-electron chi connectivity index (χ3n) is 4.25. The highest BCUT2D eigenvalue weighted by atomic mass is 16.5. The van der Waals surface area contributed by atoms with Crippen molar-refractivity contribution in [1.29, 1.82) is 0 Å². The summed E-state index contributed by atoms with van der Waals surface area (Å²) in [5.41, 5.74) is 2.56. The van der Waals surface area contributed by atoms with Crippen molar-refractivity contribution in [1.82, 2.24) is 20.0 Å². The van der Waals surface area contributed by atoms with Crippen LogP contribution in [0.15, 0.2) is 53.3 Å². The van der Waals surface area contributed by atoms with Crippen molar-refractivity contribution >= 4 is 5.91 Å². The number of rotatable bonds is 3. The lowest BCUT2D eigenvalue weighted by Crippen LogP contribution is -2.48. The molecule has 6 heteroatoms. The molecule has 1 aliphatic rings. The molecule has 1 aliphatic heterocycles. The van der Waals surface area contributed by atoms with Gasteiger partial charge >= 0.3 is 0 Å². The third kappa shape index (κ3) is 2.56. The van der Waals surface area contributed by atoms with Crippen LogP contribution in [0.2, 0.25) is 0 Å². The van der Waals surface area contributed by atoms with Crippen LogP contribution in [0.4, 0.5) is 0 Å². The summed E-state index contributed by atoms with van der Waals surface area (Å²) < 4.78 is 5.35. The number of carbonyl (C=O) groups is 1. The van der Waals surface area contributed by atoms with Gasteiger partial charge in [-0.05, 0) is 30.7 Å². The van der Waals surface area contributed by atoms with Gasteiger partial charge in [0.15, 0.2) is 0 Å². The van der Waals surface area contributed by atoms with E-state index in [-0.39, 0.29) is 11.8 Å². The first kappa shape index (κ1) is 14.6. The van der Waals surface area contributed by atoms with Gasteiger partial charge in [-0.1, -0.05) is 23.4 Å². The fourth-order valence-electron chi connectivity index (χ4n) is 2.80. The van der Waals surface area contributed by atoms with Gasteiger partial charge in [-0.25, -0.2) is 0 Å². The molecule has 2 aromatic heterocycles. The molecule has 1 saturated heterocycles. The normalized spacial score (nSPS) is 14.5. The second kappa shape index (κ2) is 5.88. The minimum atomic E-state index is 0.0522. The summed E-state index contributed by atoms with van der Waals surface area (Å²) in [6, 6.07) is 11.3. The molecule has 0 atom stereocenters. The fourth-order valence-corrected chi connectivity index (χ4v) is 2.80. The van der Waals surface area contributed by atoms with Crippen molar-refractivity contribution in [2.75, 3.05) is 13.1 Å². The summed E-state index contributed by atoms with van der Waals surface area (Å²) in [4.78, 5) is 22.8. The number of carbonyl (C=O) groups excluding carboxylic acids is 1. The summed E-state index contributed by atoms with van der Waals surface area (Å²) in [5, 5.41) is 4.00. The molecule has 0 radical (unpaired) electrons. The molecule has 1 fully saturated rings. The summed E-state index contributed by atoms with van der Waals surface area (Å²) in [6.07, 6.45) is 3.40. The zero-order valence-corrected chi connectivity index (χ0v) is 13.2. The number of likely N-dealkylation sites (tertiary alicyclic amines) is 1. The average Bonchev–Trinajstić information content (AvgIpc) is 3.04. The SMILES string of the molecule is Cc1ccccc1C(=O)N1CC(c2nc(-c3cccnc3)no2)C1. The topological polar surface area (TPSA) is 72.1 Å². The van der Waals surface area contributed by atoms with Gasteiger partial charge in [-0.3, -0.25) is 9.78 Å². The molecule has 24 heavy (non-hydrogen) atoms. The van der Waals surface area contributed by atoms with Crippen molar-refractivity contribution in [3.05, 3.63) is 65.8 Å². The predicted octanol–water partition coefficient (Wildman–Crippen LogP) is 2.68. The maximum Gasteiger partial charge on any atom is 0.254 e. The zero-order valence-electron chi connectivity index (χ0n) is 13.2. The number of amides is 1. The predicted molar refractivity (Wildman–Crippen MR) is 87.4 cm³/mol. The molecule has 0 aliphatic carbocycles. The molecule has 0 spiro atoms. The third-order valence-corrected chi connectivity index (χ3v) is 4.25. The molecule has 0 N–H and O–H groups in total. The first-order valence-electron chi connectivity index (χ1n) is 7.81. The number of hydrogen-bond acceptors (Lipinski definition) is 5. The lowest BCUT2D eigenvalue weighted by molar-refractivity contribution is 0.0568. The van der Waals surface area contributed by atoms with Gasteiger partial charge in [0.25, 0.3) is 5.91 Å². The molecule has 3 aromatic rings. The number of aromatic nitrogens is 3. The highest BCUT2D eigenvalue weighted by Gasteiger charge is 2.36. The van der Waals surface area contributed by atoms with E-state index in [0.717, 1.165) is 16.7 Å². The molecule has 0 bridgehead atoms. The van der Waals surface area contributed by atoms with E-state index in [1.807, 2.05) is 43.3 Å².